The van der Waals surface area contributed by atoms with Crippen LogP contribution in [0, 0.1) is 6.92 Å². The predicted molar refractivity (Wildman–Crippen MR) is 79.7 cm³/mol. The maximum Gasteiger partial charge on any atom is 0.255 e. The Balaban J connectivity index is 2.20. The van der Waals surface area contributed by atoms with Gasteiger partial charge in [-0.25, -0.2) is 0 Å². The van der Waals surface area contributed by atoms with Gasteiger partial charge >= 0.3 is 0 Å². The fourth-order valence-electron chi connectivity index (χ4n) is 2.00. The number of carbonyl (C=O) groups excluding carboxylic acids is 1. The fraction of sp³-hybridized carbons (Fsp3) is 0.235. The Morgan fingerprint density at radius 1 is 1.05 bits per heavy atom. The molecule has 2 aromatic carbocycles. The second-order valence-corrected chi connectivity index (χ2v) is 5.05. The molecular formula is C17H19NO. The smallest absolute Gasteiger partial charge is 0.255 e. The van der Waals surface area contributed by atoms with Gasteiger partial charge in [0.1, 0.15) is 0 Å². The number of aryl methyl sites for hydroxylation is 1. The molecule has 0 fully saturated rings. The van der Waals surface area contributed by atoms with E-state index in [4.69, 9.17) is 0 Å². The molecule has 0 aromatic heterocycles. The molecule has 0 heterocycles. The van der Waals surface area contributed by atoms with Crippen LogP contribution in [-0.2, 0) is 0 Å². The Morgan fingerprint density at radius 3 is 2.47 bits per heavy atom. The molecule has 0 aliphatic heterocycles. The minimum absolute atomic E-state index is 0.0565. The van der Waals surface area contributed by atoms with Gasteiger partial charge in [0.15, 0.2) is 0 Å². The standard InChI is InChI=1S/C17H19NO/c1-12(2)14-8-6-9-15(11-14)18-17(19)16-10-5-4-7-13(16)3/h4-12H,1-3H3,(H,18,19). The van der Waals surface area contributed by atoms with Crippen LogP contribution in [0.2, 0.25) is 0 Å². The zero-order valence-electron chi connectivity index (χ0n) is 11.6. The van der Waals surface area contributed by atoms with Crippen LogP contribution in [0.5, 0.6) is 0 Å². The van der Waals surface area contributed by atoms with Gasteiger partial charge in [0, 0.05) is 11.3 Å². The molecule has 98 valence electrons. The van der Waals surface area contributed by atoms with Gasteiger partial charge in [0.25, 0.3) is 5.91 Å². The highest BCUT2D eigenvalue weighted by molar-refractivity contribution is 6.05. The van der Waals surface area contributed by atoms with Crippen molar-refractivity contribution in [2.75, 3.05) is 5.32 Å². The van der Waals surface area contributed by atoms with E-state index >= 15 is 0 Å². The molecule has 2 aromatic rings. The maximum atomic E-state index is 12.2. The van der Waals surface area contributed by atoms with E-state index in [2.05, 4.69) is 25.2 Å². The summed E-state index contributed by atoms with van der Waals surface area (Å²) in [5.74, 6) is 0.398. The monoisotopic (exact) mass is 253 g/mol. The molecule has 0 aliphatic rings. The first kappa shape index (κ1) is 13.3. The van der Waals surface area contributed by atoms with Crippen LogP contribution in [0.15, 0.2) is 48.5 Å². The third-order valence-electron chi connectivity index (χ3n) is 3.20. The van der Waals surface area contributed by atoms with Gasteiger partial charge < -0.3 is 5.32 Å². The van der Waals surface area contributed by atoms with E-state index in [0.717, 1.165) is 16.8 Å². The first-order chi connectivity index (χ1) is 9.08. The fourth-order valence-corrected chi connectivity index (χ4v) is 2.00. The summed E-state index contributed by atoms with van der Waals surface area (Å²) in [4.78, 5) is 12.2. The Bertz CT molecular complexity index is 587. The summed E-state index contributed by atoms with van der Waals surface area (Å²) in [6, 6.07) is 15.6. The Kier molecular flexibility index (Phi) is 4.00. The molecule has 1 amide bonds. The molecular weight excluding hydrogens is 234 g/mol. The first-order valence-corrected chi connectivity index (χ1v) is 6.55. The molecule has 0 spiro atoms. The highest BCUT2D eigenvalue weighted by Crippen LogP contribution is 2.19. The van der Waals surface area contributed by atoms with Crippen LogP contribution in [-0.4, -0.2) is 5.91 Å². The molecule has 0 unspecified atom stereocenters. The van der Waals surface area contributed by atoms with E-state index < -0.39 is 0 Å². The van der Waals surface area contributed by atoms with E-state index in [1.165, 1.54) is 5.56 Å². The summed E-state index contributed by atoms with van der Waals surface area (Å²) in [5.41, 5.74) is 3.78. The first-order valence-electron chi connectivity index (χ1n) is 6.55. The van der Waals surface area contributed by atoms with Crippen LogP contribution >= 0.6 is 0 Å². The molecule has 0 atom stereocenters. The largest absolute Gasteiger partial charge is 0.322 e. The summed E-state index contributed by atoms with van der Waals surface area (Å²) in [6.45, 7) is 6.23. The highest BCUT2D eigenvalue weighted by Gasteiger charge is 2.09. The van der Waals surface area contributed by atoms with Gasteiger partial charge in [-0.2, -0.15) is 0 Å². The second kappa shape index (κ2) is 5.70. The molecule has 0 radical (unpaired) electrons. The van der Waals surface area contributed by atoms with Crippen LogP contribution in [0.4, 0.5) is 5.69 Å². The zero-order valence-corrected chi connectivity index (χ0v) is 11.6. The number of hydrogen-bond acceptors (Lipinski definition) is 1. The molecule has 19 heavy (non-hydrogen) atoms. The van der Waals surface area contributed by atoms with Gasteiger partial charge in [0.2, 0.25) is 0 Å². The topological polar surface area (TPSA) is 29.1 Å². The van der Waals surface area contributed by atoms with Crippen molar-refractivity contribution < 1.29 is 4.79 Å². The second-order valence-electron chi connectivity index (χ2n) is 5.05. The van der Waals surface area contributed by atoms with Crippen LogP contribution in [0.25, 0.3) is 0 Å². The summed E-state index contributed by atoms with van der Waals surface area (Å²) in [6.07, 6.45) is 0. The Labute approximate surface area is 114 Å². The number of carbonyl (C=O) groups is 1. The van der Waals surface area contributed by atoms with Crippen LogP contribution in [0.3, 0.4) is 0 Å². The molecule has 2 rings (SSSR count). The molecule has 0 aliphatic carbocycles. The quantitative estimate of drug-likeness (QED) is 0.864. The van der Waals surface area contributed by atoms with E-state index in [0.29, 0.717) is 5.92 Å². The molecule has 2 heteroatoms. The van der Waals surface area contributed by atoms with E-state index in [-0.39, 0.29) is 5.91 Å². The number of amides is 1. The van der Waals surface area contributed by atoms with E-state index in [1.54, 1.807) is 0 Å². The van der Waals surface area contributed by atoms with Gasteiger partial charge in [-0.1, -0.05) is 44.2 Å². The number of benzene rings is 2. The van der Waals surface area contributed by atoms with Crippen molar-refractivity contribution in [3.05, 3.63) is 65.2 Å². The summed E-state index contributed by atoms with van der Waals surface area (Å²) >= 11 is 0. The van der Waals surface area contributed by atoms with E-state index in [9.17, 15) is 4.79 Å². The Hall–Kier alpha value is -2.09. The highest BCUT2D eigenvalue weighted by atomic mass is 16.1. The van der Waals surface area contributed by atoms with Crippen LogP contribution in [0.1, 0.15) is 41.3 Å². The van der Waals surface area contributed by atoms with Crippen molar-refractivity contribution in [2.24, 2.45) is 0 Å². The zero-order chi connectivity index (χ0) is 13.8. The Morgan fingerprint density at radius 2 is 1.79 bits per heavy atom. The lowest BCUT2D eigenvalue weighted by atomic mass is 10.0. The van der Waals surface area contributed by atoms with E-state index in [1.807, 2.05) is 49.4 Å². The summed E-state index contributed by atoms with van der Waals surface area (Å²) in [7, 11) is 0. The molecule has 2 nitrogen and oxygen atoms in total. The molecule has 1 N–H and O–H groups in total. The summed E-state index contributed by atoms with van der Waals surface area (Å²) < 4.78 is 0. The van der Waals surface area contributed by atoms with Crippen molar-refractivity contribution in [1.29, 1.82) is 0 Å². The normalized spacial score (nSPS) is 10.5. The number of nitrogens with one attached hydrogen (secondary N) is 1. The number of hydrogen-bond donors (Lipinski definition) is 1. The minimum Gasteiger partial charge on any atom is -0.322 e. The third kappa shape index (κ3) is 3.22. The van der Waals surface area contributed by atoms with Crippen molar-refractivity contribution in [1.82, 2.24) is 0 Å². The average molecular weight is 253 g/mol. The molecule has 0 bridgehead atoms. The SMILES string of the molecule is Cc1ccccc1C(=O)Nc1cccc(C(C)C)c1. The predicted octanol–water partition coefficient (Wildman–Crippen LogP) is 4.37. The van der Waals surface area contributed by atoms with Crippen molar-refractivity contribution in [2.45, 2.75) is 26.7 Å². The third-order valence-corrected chi connectivity index (χ3v) is 3.20. The lowest BCUT2D eigenvalue weighted by molar-refractivity contribution is 0.102. The molecule has 0 saturated carbocycles. The lowest BCUT2D eigenvalue weighted by Crippen LogP contribution is -2.13. The van der Waals surface area contributed by atoms with Crippen LogP contribution < -0.4 is 5.32 Å². The van der Waals surface area contributed by atoms with Crippen molar-refractivity contribution in [3.63, 3.8) is 0 Å². The minimum atomic E-state index is -0.0565. The van der Waals surface area contributed by atoms with Gasteiger partial charge in [-0.3, -0.25) is 4.79 Å². The number of rotatable bonds is 3. The van der Waals surface area contributed by atoms with Crippen molar-refractivity contribution in [3.8, 4) is 0 Å². The summed E-state index contributed by atoms with van der Waals surface area (Å²) in [5, 5.41) is 2.96. The average Bonchev–Trinajstić information content (AvgIpc) is 2.39. The van der Waals surface area contributed by atoms with Crippen molar-refractivity contribution >= 4 is 11.6 Å². The van der Waals surface area contributed by atoms with Gasteiger partial charge in [-0.05, 0) is 42.2 Å². The van der Waals surface area contributed by atoms with Gasteiger partial charge in [0.05, 0.1) is 0 Å². The maximum absolute atomic E-state index is 12.2. The number of anilines is 1. The van der Waals surface area contributed by atoms with Gasteiger partial charge in [-0.15, -0.1) is 0 Å². The lowest BCUT2D eigenvalue weighted by Gasteiger charge is -2.10. The molecule has 0 saturated heterocycles.